The summed E-state index contributed by atoms with van der Waals surface area (Å²) in [5, 5.41) is 0. The van der Waals surface area contributed by atoms with E-state index in [0.717, 1.165) is 25.9 Å². The highest BCUT2D eigenvalue weighted by molar-refractivity contribution is 5.68. The molecule has 1 aromatic carbocycles. The molecule has 132 valence electrons. The Morgan fingerprint density at radius 2 is 1.79 bits per heavy atom. The fraction of sp³-hybridized carbons (Fsp3) is 0.667. The van der Waals surface area contributed by atoms with Crippen LogP contribution in [-0.4, -0.2) is 29.7 Å². The molecule has 1 spiro atoms. The van der Waals surface area contributed by atoms with Crippen molar-refractivity contribution in [3.63, 3.8) is 0 Å². The Hall–Kier alpha value is -1.51. The van der Waals surface area contributed by atoms with Gasteiger partial charge in [-0.2, -0.15) is 0 Å². The predicted octanol–water partition coefficient (Wildman–Crippen LogP) is 5.20. The summed E-state index contributed by atoms with van der Waals surface area (Å²) in [6, 6.07) is 6.85. The smallest absolute Gasteiger partial charge is 0.410 e. The number of ether oxygens (including phenoxy) is 1. The van der Waals surface area contributed by atoms with Crippen molar-refractivity contribution in [1.82, 2.24) is 4.90 Å². The van der Waals surface area contributed by atoms with Gasteiger partial charge in [0, 0.05) is 13.1 Å². The van der Waals surface area contributed by atoms with Crippen LogP contribution < -0.4 is 0 Å². The van der Waals surface area contributed by atoms with Crippen LogP contribution in [0.5, 0.6) is 0 Å². The van der Waals surface area contributed by atoms with Crippen molar-refractivity contribution in [2.24, 2.45) is 5.41 Å². The summed E-state index contributed by atoms with van der Waals surface area (Å²) >= 11 is 0. The Bertz CT molecular complexity index is 613. The lowest BCUT2D eigenvalue weighted by atomic mass is 9.55. The Labute approximate surface area is 146 Å². The van der Waals surface area contributed by atoms with Crippen molar-refractivity contribution in [2.75, 3.05) is 13.1 Å². The number of piperidine rings is 1. The molecule has 0 bridgehead atoms. The maximum atomic E-state index is 12.2. The molecular weight excluding hydrogens is 298 g/mol. The number of amides is 1. The molecule has 1 heterocycles. The van der Waals surface area contributed by atoms with Crippen molar-refractivity contribution in [3.8, 4) is 0 Å². The van der Waals surface area contributed by atoms with Gasteiger partial charge < -0.3 is 9.64 Å². The van der Waals surface area contributed by atoms with Crippen molar-refractivity contribution in [1.29, 1.82) is 0 Å². The molecule has 0 radical (unpaired) electrons. The summed E-state index contributed by atoms with van der Waals surface area (Å²) in [7, 11) is 0. The molecule has 0 aromatic heterocycles. The van der Waals surface area contributed by atoms with Gasteiger partial charge in [0.15, 0.2) is 0 Å². The molecule has 3 rings (SSSR count). The van der Waals surface area contributed by atoms with Crippen LogP contribution in [0.1, 0.15) is 69.1 Å². The lowest BCUT2D eigenvalue weighted by molar-refractivity contribution is -0.0121. The van der Waals surface area contributed by atoms with Gasteiger partial charge in [0.05, 0.1) is 0 Å². The lowest BCUT2D eigenvalue weighted by Gasteiger charge is -2.52. The fourth-order valence-electron chi connectivity index (χ4n) is 4.39. The van der Waals surface area contributed by atoms with Gasteiger partial charge in [0.25, 0.3) is 0 Å². The van der Waals surface area contributed by atoms with E-state index in [1.165, 1.54) is 29.5 Å². The van der Waals surface area contributed by atoms with Gasteiger partial charge in [-0.05, 0) is 82.8 Å². The van der Waals surface area contributed by atoms with Gasteiger partial charge in [-0.25, -0.2) is 4.79 Å². The van der Waals surface area contributed by atoms with Gasteiger partial charge in [0.1, 0.15) is 5.60 Å². The van der Waals surface area contributed by atoms with Crippen LogP contribution in [0.25, 0.3) is 0 Å². The molecule has 1 amide bonds. The Kier molecular flexibility index (Phi) is 4.39. The Balaban J connectivity index is 1.54. The molecule has 24 heavy (non-hydrogen) atoms. The normalized spacial score (nSPS) is 20.8. The van der Waals surface area contributed by atoms with Gasteiger partial charge in [-0.1, -0.05) is 23.8 Å². The van der Waals surface area contributed by atoms with Crippen LogP contribution in [0.2, 0.25) is 0 Å². The highest BCUT2D eigenvalue weighted by Crippen LogP contribution is 2.57. The highest BCUT2D eigenvalue weighted by atomic mass is 16.6. The first-order valence-electron chi connectivity index (χ1n) is 9.23. The molecule has 2 fully saturated rings. The third kappa shape index (κ3) is 3.60. The quantitative estimate of drug-likeness (QED) is 0.709. The second kappa shape index (κ2) is 6.09. The van der Waals surface area contributed by atoms with Crippen molar-refractivity contribution < 1.29 is 9.53 Å². The van der Waals surface area contributed by atoms with Crippen LogP contribution in [0.3, 0.4) is 0 Å². The van der Waals surface area contributed by atoms with Gasteiger partial charge >= 0.3 is 6.09 Å². The molecule has 1 aromatic rings. The number of carbonyl (C=O) groups excluding carboxylic acids is 1. The standard InChI is InChI=1S/C21H31NO2/c1-15-6-7-18(16(2)12-15)17-13-21(14-17)8-10-22(11-9-21)19(23)24-20(3,4)5/h6-7,12,17H,8-11,13-14H2,1-5H3. The van der Waals surface area contributed by atoms with Crippen LogP contribution in [-0.2, 0) is 4.74 Å². The van der Waals surface area contributed by atoms with E-state index in [4.69, 9.17) is 4.74 Å². The third-order valence-electron chi connectivity index (χ3n) is 5.70. The molecule has 1 saturated carbocycles. The molecule has 2 aliphatic rings. The number of likely N-dealkylation sites (tertiary alicyclic amines) is 1. The average Bonchev–Trinajstić information content (AvgIpc) is 2.43. The summed E-state index contributed by atoms with van der Waals surface area (Å²) < 4.78 is 5.50. The molecule has 0 unspecified atom stereocenters. The monoisotopic (exact) mass is 329 g/mol. The zero-order valence-electron chi connectivity index (χ0n) is 15.8. The largest absolute Gasteiger partial charge is 0.444 e. The summed E-state index contributed by atoms with van der Waals surface area (Å²) in [4.78, 5) is 14.1. The summed E-state index contributed by atoms with van der Waals surface area (Å²) in [6.45, 7) is 11.9. The van der Waals surface area contributed by atoms with E-state index < -0.39 is 5.60 Å². The Morgan fingerprint density at radius 1 is 1.17 bits per heavy atom. The predicted molar refractivity (Wildman–Crippen MR) is 97.4 cm³/mol. The van der Waals surface area contributed by atoms with Crippen molar-refractivity contribution in [3.05, 3.63) is 34.9 Å². The van der Waals surface area contributed by atoms with Crippen molar-refractivity contribution in [2.45, 2.75) is 71.8 Å². The average molecular weight is 329 g/mol. The van der Waals surface area contributed by atoms with E-state index in [0.29, 0.717) is 11.3 Å². The van der Waals surface area contributed by atoms with Crippen LogP contribution in [0, 0.1) is 19.3 Å². The molecule has 1 aliphatic carbocycles. The zero-order valence-corrected chi connectivity index (χ0v) is 15.8. The van der Waals surface area contributed by atoms with Crippen LogP contribution in [0.15, 0.2) is 18.2 Å². The maximum Gasteiger partial charge on any atom is 0.410 e. The van der Waals surface area contributed by atoms with Crippen LogP contribution >= 0.6 is 0 Å². The maximum absolute atomic E-state index is 12.2. The minimum absolute atomic E-state index is 0.150. The number of carbonyl (C=O) groups is 1. The first kappa shape index (κ1) is 17.3. The lowest BCUT2D eigenvalue weighted by Crippen LogP contribution is -2.49. The topological polar surface area (TPSA) is 29.5 Å². The molecule has 0 N–H and O–H groups in total. The first-order valence-corrected chi connectivity index (χ1v) is 9.23. The SMILES string of the molecule is Cc1ccc(C2CC3(CCN(C(=O)OC(C)(C)C)CC3)C2)c(C)c1. The van der Waals surface area contributed by atoms with E-state index in [1.807, 2.05) is 25.7 Å². The second-order valence-electron chi connectivity index (χ2n) is 8.93. The number of hydrogen-bond donors (Lipinski definition) is 0. The number of hydrogen-bond acceptors (Lipinski definition) is 2. The Morgan fingerprint density at radius 3 is 2.33 bits per heavy atom. The molecule has 1 saturated heterocycles. The summed E-state index contributed by atoms with van der Waals surface area (Å²) in [6.07, 6.45) is 4.64. The molecule has 3 heteroatoms. The van der Waals surface area contributed by atoms with Crippen molar-refractivity contribution >= 4 is 6.09 Å². The fourth-order valence-corrected chi connectivity index (χ4v) is 4.39. The van der Waals surface area contributed by atoms with Gasteiger partial charge in [-0.15, -0.1) is 0 Å². The zero-order chi connectivity index (χ0) is 17.5. The molecule has 3 nitrogen and oxygen atoms in total. The van der Waals surface area contributed by atoms with E-state index in [-0.39, 0.29) is 6.09 Å². The number of aryl methyl sites for hydroxylation is 2. The van der Waals surface area contributed by atoms with E-state index in [1.54, 1.807) is 0 Å². The molecule has 0 atom stereocenters. The number of benzene rings is 1. The van der Waals surface area contributed by atoms with Gasteiger partial charge in [-0.3, -0.25) is 0 Å². The number of nitrogens with zero attached hydrogens (tertiary/aromatic N) is 1. The summed E-state index contributed by atoms with van der Waals surface area (Å²) in [5.74, 6) is 0.707. The highest BCUT2D eigenvalue weighted by Gasteiger charge is 2.47. The number of rotatable bonds is 1. The minimum Gasteiger partial charge on any atom is -0.444 e. The second-order valence-corrected chi connectivity index (χ2v) is 8.93. The first-order chi connectivity index (χ1) is 11.2. The van der Waals surface area contributed by atoms with E-state index in [9.17, 15) is 4.79 Å². The van der Waals surface area contributed by atoms with E-state index >= 15 is 0 Å². The third-order valence-corrected chi connectivity index (χ3v) is 5.70. The van der Waals surface area contributed by atoms with Gasteiger partial charge in [0.2, 0.25) is 0 Å². The molecule has 1 aliphatic heterocycles. The van der Waals surface area contributed by atoms with Crippen LogP contribution in [0.4, 0.5) is 4.79 Å². The van der Waals surface area contributed by atoms with E-state index in [2.05, 4.69) is 32.0 Å². The molecular formula is C21H31NO2. The summed E-state index contributed by atoms with van der Waals surface area (Å²) in [5.41, 5.74) is 4.36. The minimum atomic E-state index is -0.406.